The Morgan fingerprint density at radius 3 is 3.10 bits per heavy atom. The minimum Gasteiger partial charge on any atom is -0.341 e. The van der Waals surface area contributed by atoms with Gasteiger partial charge in [-0.15, -0.1) is 0 Å². The van der Waals surface area contributed by atoms with E-state index < -0.39 is 0 Å². The highest BCUT2D eigenvalue weighted by atomic mass is 16.2. The molecular weight excluding hydrogens is 250 g/mol. The summed E-state index contributed by atoms with van der Waals surface area (Å²) >= 11 is 0. The molecule has 1 aromatic heterocycles. The van der Waals surface area contributed by atoms with Crippen LogP contribution in [0.15, 0.2) is 24.5 Å². The smallest absolute Gasteiger partial charge is 0.227 e. The number of carbonyl (C=O) groups excluding carboxylic acids is 1. The third-order valence-electron chi connectivity index (χ3n) is 3.82. The Bertz CT molecular complexity index is 401. The molecule has 1 fully saturated rings. The highest BCUT2D eigenvalue weighted by Crippen LogP contribution is 2.10. The molecule has 1 unspecified atom stereocenters. The Balaban J connectivity index is 1.91. The summed E-state index contributed by atoms with van der Waals surface area (Å²) in [6.45, 7) is 4.97. The Morgan fingerprint density at radius 2 is 2.45 bits per heavy atom. The quantitative estimate of drug-likeness (QED) is 0.828. The van der Waals surface area contributed by atoms with E-state index in [0.29, 0.717) is 12.5 Å². The number of hydrogen-bond donors (Lipinski definition) is 1. The number of carbonyl (C=O) groups is 1. The van der Waals surface area contributed by atoms with Crippen LogP contribution in [0.5, 0.6) is 0 Å². The van der Waals surface area contributed by atoms with Crippen LogP contribution in [0.1, 0.15) is 38.2 Å². The van der Waals surface area contributed by atoms with Crippen molar-refractivity contribution in [3.05, 3.63) is 30.1 Å². The van der Waals surface area contributed by atoms with Crippen LogP contribution in [0.2, 0.25) is 0 Å². The van der Waals surface area contributed by atoms with Gasteiger partial charge in [0, 0.05) is 31.5 Å². The summed E-state index contributed by atoms with van der Waals surface area (Å²) in [4.78, 5) is 18.6. The third-order valence-corrected chi connectivity index (χ3v) is 3.82. The van der Waals surface area contributed by atoms with Crippen LogP contribution in [0, 0.1) is 0 Å². The molecule has 1 aromatic rings. The maximum atomic E-state index is 12.5. The van der Waals surface area contributed by atoms with Gasteiger partial charge in [-0.3, -0.25) is 9.78 Å². The third kappa shape index (κ3) is 4.60. The Labute approximate surface area is 121 Å². The molecule has 0 aliphatic carbocycles. The molecule has 4 nitrogen and oxygen atoms in total. The number of unbranched alkanes of at least 4 members (excludes halogenated alkanes) is 1. The predicted molar refractivity (Wildman–Crippen MR) is 80.5 cm³/mol. The van der Waals surface area contributed by atoms with Crippen LogP contribution in [0.3, 0.4) is 0 Å². The first-order valence-electron chi connectivity index (χ1n) is 7.69. The number of hydrogen-bond acceptors (Lipinski definition) is 3. The summed E-state index contributed by atoms with van der Waals surface area (Å²) in [5.41, 5.74) is 0.998. The van der Waals surface area contributed by atoms with Crippen molar-refractivity contribution in [1.82, 2.24) is 15.2 Å². The lowest BCUT2D eigenvalue weighted by molar-refractivity contribution is -0.130. The number of rotatable bonds is 7. The van der Waals surface area contributed by atoms with E-state index in [1.807, 2.05) is 17.0 Å². The van der Waals surface area contributed by atoms with E-state index in [2.05, 4.69) is 17.2 Å². The Morgan fingerprint density at radius 1 is 1.55 bits per heavy atom. The summed E-state index contributed by atoms with van der Waals surface area (Å²) in [7, 11) is 0. The molecule has 2 heterocycles. The molecule has 0 radical (unpaired) electrons. The molecule has 1 aliphatic heterocycles. The summed E-state index contributed by atoms with van der Waals surface area (Å²) in [5.74, 6) is 0.222. The van der Waals surface area contributed by atoms with Gasteiger partial charge in [0.25, 0.3) is 0 Å². The zero-order valence-electron chi connectivity index (χ0n) is 12.3. The highest BCUT2D eigenvalue weighted by molar-refractivity contribution is 5.78. The normalized spacial score (nSPS) is 18.1. The number of nitrogens with one attached hydrogen (secondary N) is 1. The average Bonchev–Trinajstić information content (AvgIpc) is 2.97. The van der Waals surface area contributed by atoms with Crippen LogP contribution in [0.4, 0.5) is 0 Å². The summed E-state index contributed by atoms with van der Waals surface area (Å²) in [6.07, 6.45) is 8.59. The average molecular weight is 275 g/mol. The van der Waals surface area contributed by atoms with Crippen molar-refractivity contribution in [3.63, 3.8) is 0 Å². The molecule has 20 heavy (non-hydrogen) atoms. The lowest BCUT2D eigenvalue weighted by Gasteiger charge is -2.26. The van der Waals surface area contributed by atoms with Crippen LogP contribution >= 0.6 is 0 Å². The first-order chi connectivity index (χ1) is 9.79. The molecule has 1 N–H and O–H groups in total. The summed E-state index contributed by atoms with van der Waals surface area (Å²) in [5, 5.41) is 3.48. The van der Waals surface area contributed by atoms with Crippen molar-refractivity contribution in [2.45, 2.75) is 45.1 Å². The zero-order chi connectivity index (χ0) is 14.2. The van der Waals surface area contributed by atoms with Crippen molar-refractivity contribution in [2.24, 2.45) is 0 Å². The lowest BCUT2D eigenvalue weighted by Crippen LogP contribution is -2.42. The lowest BCUT2D eigenvalue weighted by atomic mass is 10.1. The van der Waals surface area contributed by atoms with E-state index in [9.17, 15) is 4.79 Å². The molecular formula is C16H25N3O. The number of aromatic nitrogens is 1. The molecule has 0 spiro atoms. The van der Waals surface area contributed by atoms with Gasteiger partial charge in [-0.05, 0) is 37.4 Å². The van der Waals surface area contributed by atoms with E-state index in [1.54, 1.807) is 12.4 Å². The van der Waals surface area contributed by atoms with Gasteiger partial charge in [0.2, 0.25) is 5.91 Å². The van der Waals surface area contributed by atoms with Crippen LogP contribution in [-0.2, 0) is 11.2 Å². The highest BCUT2D eigenvalue weighted by Gasteiger charge is 2.21. The SMILES string of the molecule is CCCCN(CC1CCCN1)C(=O)Cc1cccnc1. The number of nitrogens with zero attached hydrogens (tertiary/aromatic N) is 2. The first-order valence-corrected chi connectivity index (χ1v) is 7.69. The van der Waals surface area contributed by atoms with E-state index in [0.717, 1.165) is 38.0 Å². The minimum atomic E-state index is 0.222. The van der Waals surface area contributed by atoms with Gasteiger partial charge in [-0.25, -0.2) is 0 Å². The van der Waals surface area contributed by atoms with Crippen molar-refractivity contribution >= 4 is 5.91 Å². The Kier molecular flexibility index (Phi) is 5.99. The van der Waals surface area contributed by atoms with Crippen molar-refractivity contribution in [3.8, 4) is 0 Å². The van der Waals surface area contributed by atoms with Gasteiger partial charge in [0.05, 0.1) is 6.42 Å². The van der Waals surface area contributed by atoms with Crippen molar-refractivity contribution in [1.29, 1.82) is 0 Å². The van der Waals surface area contributed by atoms with Crippen LogP contribution < -0.4 is 5.32 Å². The fourth-order valence-electron chi connectivity index (χ4n) is 2.63. The molecule has 110 valence electrons. The fourth-order valence-corrected chi connectivity index (χ4v) is 2.63. The van der Waals surface area contributed by atoms with Crippen molar-refractivity contribution < 1.29 is 4.79 Å². The van der Waals surface area contributed by atoms with E-state index in [-0.39, 0.29) is 5.91 Å². The molecule has 1 saturated heterocycles. The van der Waals surface area contributed by atoms with Gasteiger partial charge in [-0.1, -0.05) is 19.4 Å². The molecule has 0 saturated carbocycles. The molecule has 0 bridgehead atoms. The van der Waals surface area contributed by atoms with Crippen LogP contribution in [0.25, 0.3) is 0 Å². The Hall–Kier alpha value is -1.42. The molecule has 0 aromatic carbocycles. The standard InChI is InChI=1S/C16H25N3O/c1-2-3-10-19(13-15-7-5-9-18-15)16(20)11-14-6-4-8-17-12-14/h4,6,8,12,15,18H,2-3,5,7,9-11,13H2,1H3. The predicted octanol–water partition coefficient (Wildman–Crippen LogP) is 2.00. The monoisotopic (exact) mass is 275 g/mol. The van der Waals surface area contributed by atoms with Crippen LogP contribution in [-0.4, -0.2) is 41.5 Å². The second-order valence-electron chi connectivity index (χ2n) is 5.52. The minimum absolute atomic E-state index is 0.222. The van der Waals surface area contributed by atoms with E-state index in [4.69, 9.17) is 0 Å². The van der Waals surface area contributed by atoms with Gasteiger partial charge in [0.1, 0.15) is 0 Å². The second kappa shape index (κ2) is 8.00. The topological polar surface area (TPSA) is 45.2 Å². The van der Waals surface area contributed by atoms with Gasteiger partial charge >= 0.3 is 0 Å². The van der Waals surface area contributed by atoms with E-state index >= 15 is 0 Å². The summed E-state index contributed by atoms with van der Waals surface area (Å²) < 4.78 is 0. The molecule has 1 amide bonds. The molecule has 2 rings (SSSR count). The second-order valence-corrected chi connectivity index (χ2v) is 5.52. The number of pyridine rings is 1. The maximum Gasteiger partial charge on any atom is 0.227 e. The zero-order valence-corrected chi connectivity index (χ0v) is 12.3. The molecule has 4 heteroatoms. The van der Waals surface area contributed by atoms with Crippen molar-refractivity contribution in [2.75, 3.05) is 19.6 Å². The molecule has 1 atom stereocenters. The van der Waals surface area contributed by atoms with Gasteiger partial charge in [-0.2, -0.15) is 0 Å². The van der Waals surface area contributed by atoms with E-state index in [1.165, 1.54) is 12.8 Å². The maximum absolute atomic E-state index is 12.5. The number of amides is 1. The van der Waals surface area contributed by atoms with Gasteiger partial charge < -0.3 is 10.2 Å². The largest absolute Gasteiger partial charge is 0.341 e. The summed E-state index contributed by atoms with van der Waals surface area (Å²) in [6, 6.07) is 4.33. The van der Waals surface area contributed by atoms with Gasteiger partial charge in [0.15, 0.2) is 0 Å². The first kappa shape index (κ1) is 15.0. The fraction of sp³-hybridized carbons (Fsp3) is 0.625. The molecule has 1 aliphatic rings.